The average molecular weight is 611 g/mol. The second kappa shape index (κ2) is 10.8. The predicted molar refractivity (Wildman–Crippen MR) is 148 cm³/mol. The number of nitrogens with zero attached hydrogens (tertiary/aromatic N) is 3. The molecule has 1 saturated heterocycles. The number of fused-ring (bicyclic) bond motifs is 1. The van der Waals surface area contributed by atoms with Crippen molar-refractivity contribution in [2.75, 3.05) is 18.4 Å². The fourth-order valence-corrected chi connectivity index (χ4v) is 6.12. The maximum Gasteiger partial charge on any atom is 0.511 e. The molecule has 2 heterocycles. The summed E-state index contributed by atoms with van der Waals surface area (Å²) in [6.07, 6.45) is 1.82. The van der Waals surface area contributed by atoms with Gasteiger partial charge in [0.15, 0.2) is 0 Å². The molecular weight excluding hydrogens is 588 g/mol. The Balaban J connectivity index is 1.49. The minimum Gasteiger partial charge on any atom is -0.380 e. The lowest BCUT2D eigenvalue weighted by atomic mass is 9.80. The maximum absolute atomic E-state index is 13.0. The molecule has 0 radical (unpaired) electrons. The number of hydrogen-bond donors (Lipinski definition) is 2. The van der Waals surface area contributed by atoms with Crippen LogP contribution in [0.3, 0.4) is 0 Å². The van der Waals surface area contributed by atoms with Crippen LogP contribution < -0.4 is 5.32 Å². The van der Waals surface area contributed by atoms with Gasteiger partial charge in [0.05, 0.1) is 17.4 Å². The Kier molecular flexibility index (Phi) is 7.71. The van der Waals surface area contributed by atoms with Crippen molar-refractivity contribution in [1.29, 1.82) is 0 Å². The van der Waals surface area contributed by atoms with Crippen LogP contribution in [0.4, 0.5) is 18.9 Å². The molecule has 0 amide bonds. The van der Waals surface area contributed by atoms with Gasteiger partial charge >= 0.3 is 15.5 Å². The first-order chi connectivity index (χ1) is 18.9. The largest absolute Gasteiger partial charge is 0.511 e. The molecule has 5 rings (SSSR count). The summed E-state index contributed by atoms with van der Waals surface area (Å²) in [7, 11) is -5.37. The number of rotatable bonds is 6. The van der Waals surface area contributed by atoms with Crippen molar-refractivity contribution in [2.24, 2.45) is 0 Å². The number of aromatic nitrogens is 2. The molecule has 1 aliphatic heterocycles. The van der Waals surface area contributed by atoms with E-state index in [4.69, 9.17) is 23.2 Å². The van der Waals surface area contributed by atoms with Crippen molar-refractivity contribution in [1.82, 2.24) is 14.5 Å². The zero-order valence-electron chi connectivity index (χ0n) is 20.7. The molecule has 0 aliphatic carbocycles. The Morgan fingerprint density at radius 2 is 1.40 bits per heavy atom. The van der Waals surface area contributed by atoms with E-state index in [1.54, 1.807) is 66.7 Å². The van der Waals surface area contributed by atoms with Gasteiger partial charge in [0, 0.05) is 34.6 Å². The number of benzene rings is 3. The second-order valence-corrected chi connectivity index (χ2v) is 12.3. The SMILES string of the molecule is O=S(=O)(N1CCC(Nc2cnnc3ccc(C(O)(c4ccc(Cl)cc4)c4ccc(Cl)cc4)cc23)CC1)C(F)(F)F. The quantitative estimate of drug-likeness (QED) is 0.262. The summed E-state index contributed by atoms with van der Waals surface area (Å²) in [6.45, 7) is -0.540. The molecular formula is C27H23Cl2F3N4O3S. The third-order valence-corrected chi connectivity index (χ3v) is 9.16. The molecule has 7 nitrogen and oxygen atoms in total. The van der Waals surface area contributed by atoms with Gasteiger partial charge < -0.3 is 10.4 Å². The monoisotopic (exact) mass is 610 g/mol. The summed E-state index contributed by atoms with van der Waals surface area (Å²) in [6, 6.07) is 18.6. The Hall–Kier alpha value is -2.96. The Labute approximate surface area is 238 Å². The molecule has 0 saturated carbocycles. The van der Waals surface area contributed by atoms with Gasteiger partial charge in [-0.25, -0.2) is 8.42 Å². The highest BCUT2D eigenvalue weighted by Gasteiger charge is 2.50. The number of piperidine rings is 1. The fraction of sp³-hybridized carbons (Fsp3) is 0.259. The van der Waals surface area contributed by atoms with Crippen LogP contribution in [-0.4, -0.2) is 52.7 Å². The highest BCUT2D eigenvalue weighted by atomic mass is 35.5. The summed E-state index contributed by atoms with van der Waals surface area (Å²) in [5.41, 5.74) is -4.20. The van der Waals surface area contributed by atoms with Gasteiger partial charge in [0.25, 0.3) is 0 Å². The zero-order chi connectivity index (χ0) is 28.7. The van der Waals surface area contributed by atoms with Crippen LogP contribution in [-0.2, 0) is 15.6 Å². The van der Waals surface area contributed by atoms with Crippen molar-refractivity contribution >= 4 is 49.8 Å². The molecule has 2 N–H and O–H groups in total. The van der Waals surface area contributed by atoms with Crippen molar-refractivity contribution in [3.05, 3.63) is 99.7 Å². The summed E-state index contributed by atoms with van der Waals surface area (Å²) >= 11 is 12.2. The topological polar surface area (TPSA) is 95.4 Å². The molecule has 0 unspecified atom stereocenters. The highest BCUT2D eigenvalue weighted by Crippen LogP contribution is 2.39. The van der Waals surface area contributed by atoms with Gasteiger partial charge in [-0.3, -0.25) is 0 Å². The first kappa shape index (κ1) is 28.6. The van der Waals surface area contributed by atoms with Crippen LogP contribution in [0.25, 0.3) is 10.9 Å². The van der Waals surface area contributed by atoms with E-state index in [2.05, 4.69) is 15.5 Å². The molecule has 0 spiro atoms. The third kappa shape index (κ3) is 5.36. The lowest BCUT2D eigenvalue weighted by Crippen LogP contribution is -2.47. The van der Waals surface area contributed by atoms with E-state index in [-0.39, 0.29) is 32.0 Å². The van der Waals surface area contributed by atoms with E-state index < -0.39 is 21.1 Å². The fourth-order valence-electron chi connectivity index (χ4n) is 4.89. The average Bonchev–Trinajstić information content (AvgIpc) is 2.93. The van der Waals surface area contributed by atoms with Crippen LogP contribution >= 0.6 is 23.2 Å². The second-order valence-electron chi connectivity index (χ2n) is 9.48. The molecule has 0 atom stereocenters. The number of nitrogens with one attached hydrogen (secondary N) is 1. The lowest BCUT2D eigenvalue weighted by molar-refractivity contribution is -0.0494. The molecule has 1 aliphatic rings. The standard InChI is InChI=1S/C27H23Cl2F3N4O3S/c28-20-6-1-17(2-7-20)26(37,18-3-8-21(29)9-4-18)19-5-10-24-23(15-19)25(16-33-35-24)34-22-11-13-36(14-12-22)40(38,39)27(30,31)32/h1-10,15-16,22,37H,11-14H2,(H,34,35). The summed E-state index contributed by atoms with van der Waals surface area (Å²) < 4.78 is 62.9. The number of alkyl halides is 3. The first-order valence-electron chi connectivity index (χ1n) is 12.2. The Bertz CT molecular complexity index is 1580. The third-order valence-electron chi connectivity index (χ3n) is 7.03. The van der Waals surface area contributed by atoms with Crippen LogP contribution in [0, 0.1) is 0 Å². The highest BCUT2D eigenvalue weighted by molar-refractivity contribution is 7.90. The summed E-state index contributed by atoms with van der Waals surface area (Å²) in [5, 5.41) is 25.4. The van der Waals surface area contributed by atoms with Crippen molar-refractivity contribution in [3.63, 3.8) is 0 Å². The molecule has 1 aromatic heterocycles. The minimum absolute atomic E-state index is 0.165. The molecule has 40 heavy (non-hydrogen) atoms. The number of anilines is 1. The smallest absolute Gasteiger partial charge is 0.380 e. The van der Waals surface area contributed by atoms with Gasteiger partial charge in [-0.2, -0.15) is 27.7 Å². The zero-order valence-corrected chi connectivity index (χ0v) is 23.1. The van der Waals surface area contributed by atoms with E-state index in [1.165, 1.54) is 6.20 Å². The van der Waals surface area contributed by atoms with Crippen molar-refractivity contribution < 1.29 is 26.7 Å². The molecule has 3 aromatic carbocycles. The minimum atomic E-state index is -5.37. The maximum atomic E-state index is 13.0. The van der Waals surface area contributed by atoms with Crippen LogP contribution in [0.2, 0.25) is 10.0 Å². The number of sulfonamides is 1. The van der Waals surface area contributed by atoms with E-state index in [9.17, 15) is 26.7 Å². The molecule has 4 aromatic rings. The molecule has 210 valence electrons. The van der Waals surface area contributed by atoms with E-state index >= 15 is 0 Å². The first-order valence-corrected chi connectivity index (χ1v) is 14.4. The molecule has 13 heteroatoms. The van der Waals surface area contributed by atoms with Gasteiger partial charge in [-0.05, 0) is 65.9 Å². The Morgan fingerprint density at radius 1 is 0.875 bits per heavy atom. The van der Waals surface area contributed by atoms with Crippen LogP contribution in [0.5, 0.6) is 0 Å². The number of aliphatic hydroxyl groups is 1. The summed E-state index contributed by atoms with van der Waals surface area (Å²) in [5.74, 6) is 0. The number of hydrogen-bond acceptors (Lipinski definition) is 6. The van der Waals surface area contributed by atoms with Crippen LogP contribution in [0.1, 0.15) is 29.5 Å². The van der Waals surface area contributed by atoms with E-state index in [1.807, 2.05) is 0 Å². The van der Waals surface area contributed by atoms with E-state index in [0.717, 1.165) is 0 Å². The lowest BCUT2D eigenvalue weighted by Gasteiger charge is -2.33. The molecule has 1 fully saturated rings. The van der Waals surface area contributed by atoms with Crippen molar-refractivity contribution in [2.45, 2.75) is 30.0 Å². The Morgan fingerprint density at radius 3 is 1.93 bits per heavy atom. The summed E-state index contributed by atoms with van der Waals surface area (Å²) in [4.78, 5) is 0. The van der Waals surface area contributed by atoms with Crippen molar-refractivity contribution in [3.8, 4) is 0 Å². The van der Waals surface area contributed by atoms with Gasteiger partial charge in [-0.1, -0.05) is 53.5 Å². The van der Waals surface area contributed by atoms with Gasteiger partial charge in [0.2, 0.25) is 0 Å². The number of halogens is 5. The molecule has 0 bridgehead atoms. The van der Waals surface area contributed by atoms with Gasteiger partial charge in [0.1, 0.15) is 5.60 Å². The van der Waals surface area contributed by atoms with Gasteiger partial charge in [-0.15, -0.1) is 0 Å². The van der Waals surface area contributed by atoms with Crippen LogP contribution in [0.15, 0.2) is 72.9 Å². The normalized spacial score (nSPS) is 15.8. The predicted octanol–water partition coefficient (Wildman–Crippen LogP) is 5.95. The van der Waals surface area contributed by atoms with E-state index in [0.29, 0.717) is 47.6 Å².